The number of nitrogens with zero attached hydrogens (tertiary/aromatic N) is 1. The topological polar surface area (TPSA) is 63.7 Å². The summed E-state index contributed by atoms with van der Waals surface area (Å²) in [6.07, 6.45) is 3.35. The van der Waals surface area contributed by atoms with Crippen molar-refractivity contribution in [3.8, 4) is 0 Å². The Balaban J connectivity index is 1.58. The highest BCUT2D eigenvalue weighted by atomic mass is 35.5. The molecule has 2 fully saturated rings. The monoisotopic (exact) mass is 369 g/mol. The molecule has 7 heteroatoms. The Morgan fingerprint density at radius 1 is 1.12 bits per heavy atom. The molecule has 2 aliphatic rings. The molecule has 128 valence electrons. The number of esters is 1. The Kier molecular flexibility index (Phi) is 5.11. The van der Waals surface area contributed by atoms with E-state index in [1.165, 1.54) is 0 Å². The minimum Gasteiger partial charge on any atom is -0.459 e. The van der Waals surface area contributed by atoms with Gasteiger partial charge >= 0.3 is 5.97 Å². The van der Waals surface area contributed by atoms with Crippen molar-refractivity contribution in [2.45, 2.75) is 32.3 Å². The molecule has 0 N–H and O–H groups in total. The van der Waals surface area contributed by atoms with E-state index in [0.717, 1.165) is 30.6 Å². The smallest absolute Gasteiger partial charge is 0.326 e. The van der Waals surface area contributed by atoms with Crippen molar-refractivity contribution >= 4 is 41.0 Å². The van der Waals surface area contributed by atoms with E-state index in [1.54, 1.807) is 18.2 Å². The van der Waals surface area contributed by atoms with Gasteiger partial charge in [0.25, 0.3) is 0 Å². The van der Waals surface area contributed by atoms with Gasteiger partial charge in [-0.1, -0.05) is 42.1 Å². The molecule has 2 atom stereocenters. The lowest BCUT2D eigenvalue weighted by molar-refractivity contribution is -0.153. The van der Waals surface area contributed by atoms with Gasteiger partial charge in [0.2, 0.25) is 11.8 Å². The summed E-state index contributed by atoms with van der Waals surface area (Å²) in [4.78, 5) is 37.7. The van der Waals surface area contributed by atoms with E-state index in [4.69, 9.17) is 27.9 Å². The normalized spacial score (nSPS) is 23.3. The minimum absolute atomic E-state index is 0.0298. The second-order valence-electron chi connectivity index (χ2n) is 6.16. The van der Waals surface area contributed by atoms with Gasteiger partial charge in [-0.2, -0.15) is 0 Å². The van der Waals surface area contributed by atoms with Crippen LogP contribution in [-0.2, 0) is 25.7 Å². The second-order valence-corrected chi connectivity index (χ2v) is 7.00. The van der Waals surface area contributed by atoms with Crippen LogP contribution in [0.2, 0.25) is 10.0 Å². The molecule has 0 spiro atoms. The Morgan fingerprint density at radius 2 is 1.75 bits per heavy atom. The van der Waals surface area contributed by atoms with Crippen LogP contribution in [0.25, 0.3) is 0 Å². The predicted molar refractivity (Wildman–Crippen MR) is 88.4 cm³/mol. The summed E-state index contributed by atoms with van der Waals surface area (Å²) < 4.78 is 5.15. The van der Waals surface area contributed by atoms with E-state index in [1.807, 2.05) is 0 Å². The maximum Gasteiger partial charge on any atom is 0.326 e. The number of benzene rings is 1. The van der Waals surface area contributed by atoms with Gasteiger partial charge in [-0.3, -0.25) is 19.3 Å². The van der Waals surface area contributed by atoms with Crippen LogP contribution < -0.4 is 0 Å². The van der Waals surface area contributed by atoms with Crippen LogP contribution in [0.1, 0.15) is 31.2 Å². The van der Waals surface area contributed by atoms with Gasteiger partial charge in [-0.05, 0) is 25.0 Å². The highest BCUT2D eigenvalue weighted by Crippen LogP contribution is 2.37. The summed E-state index contributed by atoms with van der Waals surface area (Å²) in [6.45, 7) is -0.367. The molecule has 0 aromatic heterocycles. The van der Waals surface area contributed by atoms with Crippen LogP contribution in [-0.4, -0.2) is 29.2 Å². The molecule has 3 rings (SSSR count). The zero-order valence-electron chi connectivity index (χ0n) is 13.0. The first-order valence-electron chi connectivity index (χ1n) is 7.92. The first kappa shape index (κ1) is 17.2. The first-order chi connectivity index (χ1) is 11.5. The lowest BCUT2D eigenvalue weighted by Crippen LogP contribution is -2.36. The zero-order chi connectivity index (χ0) is 17.3. The predicted octanol–water partition coefficient (Wildman–Crippen LogP) is 3.21. The summed E-state index contributed by atoms with van der Waals surface area (Å²) in [5.74, 6) is -1.63. The highest BCUT2D eigenvalue weighted by molar-refractivity contribution is 6.35. The van der Waals surface area contributed by atoms with Crippen molar-refractivity contribution in [2.75, 3.05) is 6.54 Å². The average Bonchev–Trinajstić information content (AvgIpc) is 2.79. The number of rotatable bonds is 4. The molecule has 1 aromatic rings. The number of ether oxygens (including phenoxy) is 1. The summed E-state index contributed by atoms with van der Waals surface area (Å²) in [5, 5.41) is 0.889. The van der Waals surface area contributed by atoms with Gasteiger partial charge in [0.1, 0.15) is 13.2 Å². The summed E-state index contributed by atoms with van der Waals surface area (Å²) in [7, 11) is 0. The zero-order valence-corrected chi connectivity index (χ0v) is 14.5. The largest absolute Gasteiger partial charge is 0.459 e. The Morgan fingerprint density at radius 3 is 2.33 bits per heavy atom. The molecule has 24 heavy (non-hydrogen) atoms. The lowest BCUT2D eigenvalue weighted by atomic mass is 9.81. The molecule has 0 radical (unpaired) electrons. The van der Waals surface area contributed by atoms with Crippen LogP contribution in [0.3, 0.4) is 0 Å². The number of halogens is 2. The molecule has 1 aliphatic heterocycles. The fourth-order valence-corrected chi connectivity index (χ4v) is 3.82. The van der Waals surface area contributed by atoms with E-state index in [2.05, 4.69) is 0 Å². The number of likely N-dealkylation sites (tertiary alicyclic amines) is 1. The Bertz CT molecular complexity index is 667. The molecule has 1 heterocycles. The quantitative estimate of drug-likeness (QED) is 0.603. The van der Waals surface area contributed by atoms with Crippen molar-refractivity contribution in [1.29, 1.82) is 0 Å². The first-order valence-corrected chi connectivity index (χ1v) is 8.67. The van der Waals surface area contributed by atoms with Gasteiger partial charge in [0.05, 0.1) is 11.8 Å². The van der Waals surface area contributed by atoms with Crippen molar-refractivity contribution in [2.24, 2.45) is 11.8 Å². The number of carbonyl (C=O) groups is 3. The molecule has 1 saturated carbocycles. The third kappa shape index (κ3) is 3.42. The molecule has 1 aromatic carbocycles. The Labute approximate surface area is 149 Å². The van der Waals surface area contributed by atoms with Gasteiger partial charge in [-0.25, -0.2) is 0 Å². The Hall–Kier alpha value is -1.59. The van der Waals surface area contributed by atoms with E-state index in [0.29, 0.717) is 15.6 Å². The number of amides is 2. The molecule has 2 unspecified atom stereocenters. The lowest BCUT2D eigenvalue weighted by Gasteiger charge is -2.19. The number of hydrogen-bond donors (Lipinski definition) is 0. The number of imide groups is 1. The van der Waals surface area contributed by atoms with Crippen LogP contribution in [0.4, 0.5) is 0 Å². The fourth-order valence-electron chi connectivity index (χ4n) is 3.36. The number of fused-ring (bicyclic) bond motifs is 1. The fraction of sp³-hybridized carbons (Fsp3) is 0.471. The third-order valence-corrected chi connectivity index (χ3v) is 5.21. The maximum absolute atomic E-state index is 12.3. The molecule has 5 nitrogen and oxygen atoms in total. The molecular formula is C17H17Cl2NO4. The van der Waals surface area contributed by atoms with E-state index >= 15 is 0 Å². The van der Waals surface area contributed by atoms with E-state index in [9.17, 15) is 14.4 Å². The average molecular weight is 370 g/mol. The van der Waals surface area contributed by atoms with Crippen LogP contribution in [0, 0.1) is 11.8 Å². The van der Waals surface area contributed by atoms with E-state index in [-0.39, 0.29) is 36.8 Å². The maximum atomic E-state index is 12.3. The van der Waals surface area contributed by atoms with Crippen molar-refractivity contribution in [3.63, 3.8) is 0 Å². The molecule has 2 amide bonds. The standard InChI is InChI=1S/C17H17Cl2NO4/c18-11-6-5-10(14(19)7-11)9-24-15(21)8-20-16(22)12-3-1-2-4-13(12)17(20)23/h5-7,12-13H,1-4,8-9H2. The van der Waals surface area contributed by atoms with Gasteiger partial charge in [0, 0.05) is 15.6 Å². The van der Waals surface area contributed by atoms with Crippen LogP contribution in [0.15, 0.2) is 18.2 Å². The van der Waals surface area contributed by atoms with Crippen LogP contribution in [0.5, 0.6) is 0 Å². The van der Waals surface area contributed by atoms with Gasteiger partial charge in [-0.15, -0.1) is 0 Å². The molecule has 1 aliphatic carbocycles. The minimum atomic E-state index is -0.624. The van der Waals surface area contributed by atoms with Gasteiger partial charge < -0.3 is 4.74 Å². The molecule has 0 bridgehead atoms. The second kappa shape index (κ2) is 7.11. The van der Waals surface area contributed by atoms with Crippen molar-refractivity contribution in [3.05, 3.63) is 33.8 Å². The van der Waals surface area contributed by atoms with Crippen LogP contribution >= 0.6 is 23.2 Å². The third-order valence-electron chi connectivity index (χ3n) is 4.62. The van der Waals surface area contributed by atoms with Gasteiger partial charge in [0.15, 0.2) is 0 Å². The molecular weight excluding hydrogens is 353 g/mol. The SMILES string of the molecule is O=C(CN1C(=O)C2CCCCC2C1=O)OCc1ccc(Cl)cc1Cl. The van der Waals surface area contributed by atoms with E-state index < -0.39 is 5.97 Å². The summed E-state index contributed by atoms with van der Waals surface area (Å²) >= 11 is 11.8. The number of carbonyl (C=O) groups excluding carboxylic acids is 3. The highest BCUT2D eigenvalue weighted by Gasteiger charge is 2.48. The summed E-state index contributed by atoms with van der Waals surface area (Å²) in [6, 6.07) is 4.87. The number of hydrogen-bond acceptors (Lipinski definition) is 4. The summed E-state index contributed by atoms with van der Waals surface area (Å²) in [5.41, 5.74) is 0.613. The van der Waals surface area contributed by atoms with Crippen molar-refractivity contribution in [1.82, 2.24) is 4.90 Å². The molecule has 1 saturated heterocycles. The van der Waals surface area contributed by atoms with Crippen molar-refractivity contribution < 1.29 is 19.1 Å².